The van der Waals surface area contributed by atoms with Crippen LogP contribution in [-0.4, -0.2) is 60.4 Å². The molecule has 0 spiro atoms. The van der Waals surface area contributed by atoms with Crippen molar-refractivity contribution >= 4 is 13.0 Å². The molecular weight excluding hydrogens is 317 g/mol. The largest absolute Gasteiger partial charge is 0.492 e. The molecule has 0 aliphatic carbocycles. The summed E-state index contributed by atoms with van der Waals surface area (Å²) in [4.78, 5) is 0. The fourth-order valence-electron chi connectivity index (χ4n) is 3.73. The van der Waals surface area contributed by atoms with Crippen LogP contribution in [0.2, 0.25) is 0 Å². The number of nitrogens with zero attached hydrogens (tertiary/aromatic N) is 3. The van der Waals surface area contributed by atoms with Gasteiger partial charge in [-0.3, -0.25) is 0 Å². The molecular formula is C19H37N3OP+. The summed E-state index contributed by atoms with van der Waals surface area (Å²) in [6.07, 6.45) is 0. The molecule has 138 valence electrons. The molecule has 0 unspecified atom stereocenters. The van der Waals surface area contributed by atoms with Crippen LogP contribution >= 0.6 is 7.71 Å². The molecule has 0 bridgehead atoms. The first kappa shape index (κ1) is 21.4. The normalized spacial score (nSPS) is 12.4. The van der Waals surface area contributed by atoms with Gasteiger partial charge in [0.1, 0.15) is 0 Å². The molecule has 0 atom stereocenters. The van der Waals surface area contributed by atoms with E-state index in [1.54, 1.807) is 7.11 Å². The van der Waals surface area contributed by atoms with Gasteiger partial charge in [0.2, 0.25) is 0 Å². The third-order valence-electron chi connectivity index (χ3n) is 4.78. The van der Waals surface area contributed by atoms with Gasteiger partial charge in [-0.05, 0) is 53.7 Å². The first-order valence-electron chi connectivity index (χ1n) is 9.40. The Bertz CT molecular complexity index is 440. The molecule has 0 heterocycles. The highest BCUT2D eigenvalue weighted by Gasteiger charge is 2.57. The van der Waals surface area contributed by atoms with Gasteiger partial charge >= 0.3 is 0 Å². The topological polar surface area (TPSA) is 19.0 Å². The standard InChI is InChI=1S/C19H37N3OP/c1-8-20(9-2)24(21(10-3)11-4,22(12-5)13-6)19-17-15-14-16-18(19)23-7/h14-17H,8-13H2,1-7H3/q+1. The minimum atomic E-state index is -1.86. The Morgan fingerprint density at radius 2 is 1.08 bits per heavy atom. The Morgan fingerprint density at radius 3 is 1.42 bits per heavy atom. The number of hydrogen-bond acceptors (Lipinski definition) is 4. The summed E-state index contributed by atoms with van der Waals surface area (Å²) >= 11 is 0. The maximum Gasteiger partial charge on any atom is 0.265 e. The van der Waals surface area contributed by atoms with E-state index in [-0.39, 0.29) is 0 Å². The van der Waals surface area contributed by atoms with Crippen molar-refractivity contribution in [3.8, 4) is 5.75 Å². The van der Waals surface area contributed by atoms with Crippen LogP contribution in [0.25, 0.3) is 0 Å². The zero-order valence-electron chi connectivity index (χ0n) is 16.7. The zero-order valence-corrected chi connectivity index (χ0v) is 17.6. The van der Waals surface area contributed by atoms with Crippen molar-refractivity contribution in [3.05, 3.63) is 24.3 Å². The lowest BCUT2D eigenvalue weighted by molar-refractivity contribution is 0.336. The van der Waals surface area contributed by atoms with E-state index in [9.17, 15) is 0 Å². The van der Waals surface area contributed by atoms with Crippen molar-refractivity contribution in [2.75, 3.05) is 46.4 Å². The average Bonchev–Trinajstić information content (AvgIpc) is 2.63. The van der Waals surface area contributed by atoms with Crippen molar-refractivity contribution in [3.63, 3.8) is 0 Å². The maximum atomic E-state index is 5.82. The lowest BCUT2D eigenvalue weighted by Gasteiger charge is -2.46. The van der Waals surface area contributed by atoms with E-state index in [0.717, 1.165) is 45.0 Å². The van der Waals surface area contributed by atoms with Gasteiger partial charge < -0.3 is 4.74 Å². The smallest absolute Gasteiger partial charge is 0.265 e. The SMILES string of the molecule is CCN(CC)[P+](c1ccccc1OC)(N(CC)CC)N(CC)CC. The highest BCUT2D eigenvalue weighted by molar-refractivity contribution is 7.76. The molecule has 1 rings (SSSR count). The molecule has 0 saturated heterocycles. The summed E-state index contributed by atoms with van der Waals surface area (Å²) in [5, 5.41) is 1.35. The monoisotopic (exact) mass is 354 g/mol. The number of benzene rings is 1. The molecule has 0 aromatic heterocycles. The lowest BCUT2D eigenvalue weighted by Crippen LogP contribution is -2.50. The third-order valence-corrected chi connectivity index (χ3v) is 9.86. The van der Waals surface area contributed by atoms with Crippen LogP contribution in [-0.2, 0) is 0 Å². The van der Waals surface area contributed by atoms with E-state index in [0.29, 0.717) is 0 Å². The Hall–Kier alpha value is -0.670. The maximum absolute atomic E-state index is 5.82. The van der Waals surface area contributed by atoms with Crippen LogP contribution in [0.15, 0.2) is 24.3 Å². The molecule has 0 aliphatic heterocycles. The number of hydrogen-bond donors (Lipinski definition) is 0. The van der Waals surface area contributed by atoms with Crippen molar-refractivity contribution < 1.29 is 4.74 Å². The van der Waals surface area contributed by atoms with Gasteiger partial charge in [-0.1, -0.05) is 12.1 Å². The molecule has 1 aromatic rings. The fraction of sp³-hybridized carbons (Fsp3) is 0.684. The zero-order chi connectivity index (χ0) is 18.2. The predicted octanol–water partition coefficient (Wildman–Crippen LogP) is 4.11. The van der Waals surface area contributed by atoms with Crippen LogP contribution in [0.5, 0.6) is 5.75 Å². The molecule has 0 aliphatic rings. The Balaban J connectivity index is 3.80. The number of rotatable bonds is 11. The van der Waals surface area contributed by atoms with E-state index in [2.05, 4.69) is 79.8 Å². The van der Waals surface area contributed by atoms with Crippen molar-refractivity contribution in [1.82, 2.24) is 14.0 Å². The van der Waals surface area contributed by atoms with Gasteiger partial charge in [-0.15, -0.1) is 14.0 Å². The predicted molar refractivity (Wildman–Crippen MR) is 108 cm³/mol. The molecule has 0 radical (unpaired) electrons. The van der Waals surface area contributed by atoms with Crippen LogP contribution in [0.1, 0.15) is 41.5 Å². The van der Waals surface area contributed by atoms with Crippen LogP contribution < -0.4 is 10.0 Å². The second-order valence-electron chi connectivity index (χ2n) is 5.66. The summed E-state index contributed by atoms with van der Waals surface area (Å²) in [5.74, 6) is 1.01. The Labute approximate surface area is 150 Å². The van der Waals surface area contributed by atoms with Gasteiger partial charge in [0.25, 0.3) is 7.71 Å². The van der Waals surface area contributed by atoms with E-state index in [4.69, 9.17) is 4.74 Å². The van der Waals surface area contributed by atoms with Crippen molar-refractivity contribution in [2.24, 2.45) is 0 Å². The Morgan fingerprint density at radius 1 is 0.708 bits per heavy atom. The van der Waals surface area contributed by atoms with Crippen LogP contribution in [0.4, 0.5) is 0 Å². The average molecular weight is 354 g/mol. The molecule has 0 saturated carbocycles. The van der Waals surface area contributed by atoms with Crippen LogP contribution in [0.3, 0.4) is 0 Å². The first-order chi connectivity index (χ1) is 11.6. The summed E-state index contributed by atoms with van der Waals surface area (Å²) < 4.78 is 13.8. The summed E-state index contributed by atoms with van der Waals surface area (Å²) in [7, 11) is -0.0662. The second-order valence-corrected chi connectivity index (χ2v) is 8.97. The molecule has 24 heavy (non-hydrogen) atoms. The summed E-state index contributed by atoms with van der Waals surface area (Å²) in [6.45, 7) is 19.9. The van der Waals surface area contributed by atoms with E-state index in [1.807, 2.05) is 0 Å². The first-order valence-corrected chi connectivity index (χ1v) is 11.1. The van der Waals surface area contributed by atoms with E-state index < -0.39 is 7.71 Å². The van der Waals surface area contributed by atoms with Crippen LogP contribution in [0, 0.1) is 0 Å². The lowest BCUT2D eigenvalue weighted by atomic mass is 10.3. The van der Waals surface area contributed by atoms with E-state index in [1.165, 1.54) is 5.30 Å². The highest BCUT2D eigenvalue weighted by Crippen LogP contribution is 2.67. The number of methoxy groups -OCH3 is 1. The number of para-hydroxylation sites is 1. The van der Waals surface area contributed by atoms with E-state index >= 15 is 0 Å². The van der Waals surface area contributed by atoms with Gasteiger partial charge in [0.15, 0.2) is 11.1 Å². The number of ether oxygens (including phenoxy) is 1. The Kier molecular flexibility index (Phi) is 9.22. The summed E-state index contributed by atoms with van der Waals surface area (Å²) in [6, 6.07) is 8.62. The van der Waals surface area contributed by atoms with Crippen molar-refractivity contribution in [1.29, 1.82) is 0 Å². The fourth-order valence-corrected chi connectivity index (χ4v) is 8.83. The highest BCUT2D eigenvalue weighted by atomic mass is 31.2. The minimum Gasteiger partial charge on any atom is -0.492 e. The van der Waals surface area contributed by atoms with Gasteiger partial charge in [0, 0.05) is 39.3 Å². The molecule has 0 N–H and O–H groups in total. The molecule has 5 heteroatoms. The van der Waals surface area contributed by atoms with Gasteiger partial charge in [-0.2, -0.15) is 0 Å². The quantitative estimate of drug-likeness (QED) is 0.557. The second kappa shape index (κ2) is 10.4. The minimum absolute atomic E-state index is 1.01. The molecule has 1 aromatic carbocycles. The molecule has 0 fully saturated rings. The molecule has 4 nitrogen and oxygen atoms in total. The van der Waals surface area contributed by atoms with Gasteiger partial charge in [-0.25, -0.2) is 0 Å². The summed E-state index contributed by atoms with van der Waals surface area (Å²) in [5.41, 5.74) is 0. The third kappa shape index (κ3) is 3.77. The van der Waals surface area contributed by atoms with Crippen molar-refractivity contribution in [2.45, 2.75) is 41.5 Å². The van der Waals surface area contributed by atoms with Gasteiger partial charge in [0.05, 0.1) is 7.11 Å². The molecule has 0 amide bonds.